The summed E-state index contributed by atoms with van der Waals surface area (Å²) in [5.74, 6) is -2.14. The average molecular weight is 500 g/mol. The highest BCUT2D eigenvalue weighted by atomic mass is 79.9. The third kappa shape index (κ3) is 8.34. The smallest absolute Gasteiger partial charge is 0.489 e. The van der Waals surface area contributed by atoms with Crippen LogP contribution < -0.4 is 20.9 Å². The van der Waals surface area contributed by atoms with Crippen molar-refractivity contribution in [2.45, 2.75) is 57.0 Å². The van der Waals surface area contributed by atoms with Crippen molar-refractivity contribution in [1.29, 1.82) is 0 Å². The van der Waals surface area contributed by atoms with Gasteiger partial charge in [-0.05, 0) is 55.6 Å². The normalized spacial score (nSPS) is 19.8. The molecule has 0 aromatic carbocycles. The summed E-state index contributed by atoms with van der Waals surface area (Å²) in [6.07, 6.45) is 0.196. The largest absolute Gasteiger partial charge is 0.490 e. The highest BCUT2D eigenvalue weighted by Gasteiger charge is 2.38. The molecule has 1 fully saturated rings. The van der Waals surface area contributed by atoms with E-state index in [-0.39, 0.29) is 29.7 Å². The van der Waals surface area contributed by atoms with Crippen molar-refractivity contribution in [1.82, 2.24) is 15.2 Å². The molecule has 12 heteroatoms. The SMILES string of the molecule is CN[C@H](C)C(=O)NC1CCC(Oc2cc(=O)n(C)cc2Br)CC1.O=C(O)C(F)(F)F. The molecule has 1 heterocycles. The second-order valence-electron chi connectivity index (χ2n) is 6.85. The number of alkyl halides is 3. The second kappa shape index (κ2) is 11.3. The molecule has 1 atom stereocenters. The van der Waals surface area contributed by atoms with Crippen LogP contribution in [0.2, 0.25) is 0 Å². The molecular weight excluding hydrogens is 475 g/mol. The van der Waals surface area contributed by atoms with Gasteiger partial charge in [0.25, 0.3) is 5.56 Å². The zero-order valence-corrected chi connectivity index (χ0v) is 18.3. The van der Waals surface area contributed by atoms with Crippen LogP contribution in [-0.2, 0) is 16.6 Å². The number of aliphatic carboxylic acids is 1. The van der Waals surface area contributed by atoms with Gasteiger partial charge in [0.2, 0.25) is 5.91 Å². The van der Waals surface area contributed by atoms with Crippen LogP contribution in [0.4, 0.5) is 13.2 Å². The maximum absolute atomic E-state index is 11.9. The number of carbonyl (C=O) groups is 2. The molecule has 0 spiro atoms. The molecular formula is C18H25BrF3N3O5. The molecule has 3 N–H and O–H groups in total. The molecule has 170 valence electrons. The van der Waals surface area contributed by atoms with Gasteiger partial charge in [-0.15, -0.1) is 0 Å². The van der Waals surface area contributed by atoms with Gasteiger partial charge in [0.15, 0.2) is 0 Å². The lowest BCUT2D eigenvalue weighted by Gasteiger charge is -2.30. The first-order valence-electron chi connectivity index (χ1n) is 9.15. The Kier molecular flexibility index (Phi) is 9.82. The number of rotatable bonds is 5. The highest BCUT2D eigenvalue weighted by molar-refractivity contribution is 9.10. The number of nitrogens with one attached hydrogen (secondary N) is 2. The van der Waals surface area contributed by atoms with E-state index in [9.17, 15) is 22.8 Å². The maximum Gasteiger partial charge on any atom is 0.490 e. The molecule has 1 aromatic heterocycles. The number of amides is 1. The van der Waals surface area contributed by atoms with Crippen molar-refractivity contribution < 1.29 is 32.6 Å². The van der Waals surface area contributed by atoms with Gasteiger partial charge in [-0.2, -0.15) is 13.2 Å². The molecule has 0 saturated heterocycles. The number of carboxylic acids is 1. The summed E-state index contributed by atoms with van der Waals surface area (Å²) in [5, 5.41) is 13.1. The van der Waals surface area contributed by atoms with Crippen molar-refractivity contribution in [2.24, 2.45) is 7.05 Å². The topological polar surface area (TPSA) is 110 Å². The molecule has 1 saturated carbocycles. The molecule has 0 aliphatic heterocycles. The van der Waals surface area contributed by atoms with Crippen LogP contribution in [0.1, 0.15) is 32.6 Å². The first kappa shape index (κ1) is 26.0. The Bertz CT molecular complexity index is 792. The second-order valence-corrected chi connectivity index (χ2v) is 7.70. The number of nitrogens with zero attached hydrogens (tertiary/aromatic N) is 1. The van der Waals surface area contributed by atoms with Crippen LogP contribution in [0.15, 0.2) is 21.5 Å². The number of hydrogen-bond acceptors (Lipinski definition) is 5. The number of carboxylic acid groups (broad SMARTS) is 1. The molecule has 1 aliphatic carbocycles. The Labute approximate surface area is 179 Å². The van der Waals surface area contributed by atoms with E-state index in [1.807, 2.05) is 6.92 Å². The van der Waals surface area contributed by atoms with E-state index in [4.69, 9.17) is 14.6 Å². The summed E-state index contributed by atoms with van der Waals surface area (Å²) in [5.41, 5.74) is -0.0924. The minimum absolute atomic E-state index is 0.0335. The molecule has 1 aromatic rings. The monoisotopic (exact) mass is 499 g/mol. The number of aryl methyl sites for hydroxylation is 1. The van der Waals surface area contributed by atoms with Crippen LogP contribution >= 0.6 is 15.9 Å². The van der Waals surface area contributed by atoms with Crippen molar-refractivity contribution >= 4 is 27.8 Å². The Morgan fingerprint density at radius 1 is 1.30 bits per heavy atom. The summed E-state index contributed by atoms with van der Waals surface area (Å²) < 4.78 is 40.0. The molecule has 8 nitrogen and oxygen atoms in total. The number of ether oxygens (including phenoxy) is 1. The number of carbonyl (C=O) groups excluding carboxylic acids is 1. The quantitative estimate of drug-likeness (QED) is 0.572. The van der Waals surface area contributed by atoms with Gasteiger partial charge in [0.1, 0.15) is 5.75 Å². The zero-order chi connectivity index (χ0) is 23.1. The van der Waals surface area contributed by atoms with E-state index >= 15 is 0 Å². The lowest BCUT2D eigenvalue weighted by molar-refractivity contribution is -0.192. The Balaban J connectivity index is 0.000000553. The van der Waals surface area contributed by atoms with Crippen LogP contribution in [0, 0.1) is 0 Å². The van der Waals surface area contributed by atoms with Crippen molar-refractivity contribution in [3.63, 3.8) is 0 Å². The third-order valence-corrected chi connectivity index (χ3v) is 5.12. The third-order valence-electron chi connectivity index (χ3n) is 4.53. The predicted molar refractivity (Wildman–Crippen MR) is 106 cm³/mol. The Morgan fingerprint density at radius 2 is 1.83 bits per heavy atom. The minimum atomic E-state index is -5.08. The summed E-state index contributed by atoms with van der Waals surface area (Å²) >= 11 is 3.43. The van der Waals surface area contributed by atoms with Gasteiger partial charge in [-0.1, -0.05) is 0 Å². The highest BCUT2D eigenvalue weighted by Crippen LogP contribution is 2.28. The first-order chi connectivity index (χ1) is 13.8. The summed E-state index contributed by atoms with van der Waals surface area (Å²) in [6.45, 7) is 1.84. The van der Waals surface area contributed by atoms with Crippen LogP contribution in [0.3, 0.4) is 0 Å². The summed E-state index contributed by atoms with van der Waals surface area (Å²) in [6, 6.07) is 1.53. The fourth-order valence-corrected chi connectivity index (χ4v) is 3.15. The van der Waals surface area contributed by atoms with Gasteiger partial charge in [-0.3, -0.25) is 9.59 Å². The molecule has 0 bridgehead atoms. The average Bonchev–Trinajstić information content (AvgIpc) is 2.66. The van der Waals surface area contributed by atoms with Crippen molar-refractivity contribution in [3.8, 4) is 5.75 Å². The van der Waals surface area contributed by atoms with E-state index in [1.165, 1.54) is 10.6 Å². The molecule has 1 amide bonds. The lowest BCUT2D eigenvalue weighted by atomic mass is 9.92. The van der Waals surface area contributed by atoms with E-state index in [1.54, 1.807) is 20.3 Å². The fourth-order valence-electron chi connectivity index (χ4n) is 2.63. The number of halogens is 4. The van der Waals surface area contributed by atoms with Gasteiger partial charge in [-0.25, -0.2) is 4.79 Å². The molecule has 1 aliphatic rings. The number of aromatic nitrogens is 1. The van der Waals surface area contributed by atoms with Crippen molar-refractivity contribution in [2.75, 3.05) is 7.05 Å². The standard InChI is InChI=1S/C16H24BrN3O3.C2HF3O2/c1-10(18-2)16(22)19-11-4-6-12(7-5-11)23-14-8-15(21)20(3)9-13(14)17;3-2(4,5)1(6)7/h8-12,18H,4-7H2,1-3H3,(H,19,22);(H,6,7)/t10-,11?,12?;/m1./s1. The van der Waals surface area contributed by atoms with Gasteiger partial charge in [0, 0.05) is 25.4 Å². The van der Waals surface area contributed by atoms with Gasteiger partial charge in [0.05, 0.1) is 16.6 Å². The molecule has 30 heavy (non-hydrogen) atoms. The lowest BCUT2D eigenvalue weighted by Crippen LogP contribution is -2.47. The first-order valence-corrected chi connectivity index (χ1v) is 9.95. The minimum Gasteiger partial charge on any atom is -0.489 e. The van der Waals surface area contributed by atoms with E-state index in [2.05, 4.69) is 26.6 Å². The van der Waals surface area contributed by atoms with Crippen LogP contribution in [0.25, 0.3) is 0 Å². The molecule has 0 radical (unpaired) electrons. The Hall–Kier alpha value is -2.08. The van der Waals surface area contributed by atoms with Gasteiger partial charge >= 0.3 is 12.1 Å². The number of likely N-dealkylation sites (N-methyl/N-ethyl adjacent to an activating group) is 1. The van der Waals surface area contributed by atoms with Crippen molar-refractivity contribution in [3.05, 3.63) is 27.1 Å². The van der Waals surface area contributed by atoms with E-state index in [0.717, 1.165) is 30.2 Å². The van der Waals surface area contributed by atoms with Crippen LogP contribution in [-0.4, -0.2) is 53.0 Å². The molecule has 2 rings (SSSR count). The van der Waals surface area contributed by atoms with Gasteiger partial charge < -0.3 is 25.0 Å². The molecule has 0 unspecified atom stereocenters. The summed E-state index contributed by atoms with van der Waals surface area (Å²) in [7, 11) is 3.48. The van der Waals surface area contributed by atoms with E-state index in [0.29, 0.717) is 5.75 Å². The predicted octanol–water partition coefficient (Wildman–Crippen LogP) is 2.20. The van der Waals surface area contributed by atoms with Crippen LogP contribution in [0.5, 0.6) is 5.75 Å². The maximum atomic E-state index is 11.9. The Morgan fingerprint density at radius 3 is 2.30 bits per heavy atom. The number of hydrogen-bond donors (Lipinski definition) is 3. The van der Waals surface area contributed by atoms with E-state index < -0.39 is 12.1 Å². The number of pyridine rings is 1. The summed E-state index contributed by atoms with van der Waals surface area (Å²) in [4.78, 5) is 32.5. The zero-order valence-electron chi connectivity index (χ0n) is 16.8. The fraction of sp³-hybridized carbons (Fsp3) is 0.611.